The van der Waals surface area contributed by atoms with Crippen molar-refractivity contribution in [3.05, 3.63) is 70.8 Å². The Bertz CT molecular complexity index is 891. The summed E-state index contributed by atoms with van der Waals surface area (Å²) in [5.41, 5.74) is -0.234. The molecule has 0 fully saturated rings. The number of hydrogen-bond donors (Lipinski definition) is 2. The number of hydrogen-bond acceptors (Lipinski definition) is 4. The highest BCUT2D eigenvalue weighted by Crippen LogP contribution is 2.29. The highest BCUT2D eigenvalue weighted by molar-refractivity contribution is 6.22. The first-order valence-electron chi connectivity index (χ1n) is 8.25. The van der Waals surface area contributed by atoms with E-state index in [9.17, 15) is 32.7 Å². The van der Waals surface area contributed by atoms with Crippen LogP contribution in [0.5, 0.6) is 0 Å². The molecule has 1 atom stereocenters. The Kier molecular flexibility index (Phi) is 5.19. The maximum atomic E-state index is 12.6. The van der Waals surface area contributed by atoms with Crippen molar-refractivity contribution in [2.75, 3.05) is 13.1 Å². The molecule has 0 spiro atoms. The lowest BCUT2D eigenvalue weighted by Crippen LogP contribution is -2.41. The third-order valence-electron chi connectivity index (χ3n) is 4.30. The second-order valence-corrected chi connectivity index (χ2v) is 6.18. The number of benzene rings is 2. The minimum Gasteiger partial charge on any atom is -0.387 e. The Morgan fingerprint density at radius 2 is 1.54 bits per heavy atom. The van der Waals surface area contributed by atoms with Crippen LogP contribution in [0, 0.1) is 0 Å². The quantitative estimate of drug-likeness (QED) is 0.764. The Morgan fingerprint density at radius 3 is 2.04 bits per heavy atom. The van der Waals surface area contributed by atoms with Gasteiger partial charge in [0.05, 0.1) is 22.8 Å². The molecule has 0 saturated carbocycles. The van der Waals surface area contributed by atoms with Crippen molar-refractivity contribution in [1.29, 1.82) is 0 Å². The molecule has 2 aromatic carbocycles. The van der Waals surface area contributed by atoms with Gasteiger partial charge in [0.2, 0.25) is 5.91 Å². The Morgan fingerprint density at radius 1 is 1.00 bits per heavy atom. The van der Waals surface area contributed by atoms with E-state index in [4.69, 9.17) is 0 Å². The van der Waals surface area contributed by atoms with Crippen LogP contribution < -0.4 is 5.32 Å². The zero-order valence-electron chi connectivity index (χ0n) is 14.4. The Balaban J connectivity index is 1.56. The number of carbonyl (C=O) groups excluding carboxylic acids is 3. The summed E-state index contributed by atoms with van der Waals surface area (Å²) in [5.74, 6) is -1.85. The number of alkyl halides is 3. The molecule has 0 aromatic heterocycles. The molecule has 2 aromatic rings. The molecule has 0 radical (unpaired) electrons. The second kappa shape index (κ2) is 7.43. The first-order valence-corrected chi connectivity index (χ1v) is 8.25. The number of rotatable bonds is 5. The van der Waals surface area contributed by atoms with Crippen LogP contribution in [0.1, 0.15) is 37.9 Å². The third kappa shape index (κ3) is 3.89. The van der Waals surface area contributed by atoms with Gasteiger partial charge in [0, 0.05) is 6.54 Å². The molecule has 0 aliphatic carbocycles. The van der Waals surface area contributed by atoms with Crippen LogP contribution in [-0.4, -0.2) is 40.8 Å². The fourth-order valence-electron chi connectivity index (χ4n) is 2.80. The maximum absolute atomic E-state index is 12.6. The lowest BCUT2D eigenvalue weighted by Gasteiger charge is -2.16. The van der Waals surface area contributed by atoms with E-state index in [0.29, 0.717) is 0 Å². The molecule has 146 valence electrons. The number of fused-ring (bicyclic) bond motifs is 1. The summed E-state index contributed by atoms with van der Waals surface area (Å²) in [5, 5.41) is 12.4. The van der Waals surface area contributed by atoms with E-state index in [1.54, 1.807) is 12.1 Å². The zero-order valence-corrected chi connectivity index (χ0v) is 14.4. The summed E-state index contributed by atoms with van der Waals surface area (Å²) >= 11 is 0. The molecular weight excluding hydrogens is 377 g/mol. The topological polar surface area (TPSA) is 86.7 Å². The molecule has 28 heavy (non-hydrogen) atoms. The van der Waals surface area contributed by atoms with E-state index in [1.165, 1.54) is 12.1 Å². The largest absolute Gasteiger partial charge is 0.416 e. The van der Waals surface area contributed by atoms with Gasteiger partial charge in [-0.2, -0.15) is 13.2 Å². The molecular formula is C19H15F3N2O4. The molecule has 1 heterocycles. The highest BCUT2D eigenvalue weighted by Gasteiger charge is 2.36. The minimum atomic E-state index is -4.48. The predicted molar refractivity (Wildman–Crippen MR) is 91.2 cm³/mol. The molecule has 3 amide bonds. The van der Waals surface area contributed by atoms with Gasteiger partial charge in [-0.3, -0.25) is 19.3 Å². The van der Waals surface area contributed by atoms with Crippen molar-refractivity contribution < 1.29 is 32.7 Å². The number of imide groups is 1. The number of nitrogens with one attached hydrogen (secondary N) is 1. The summed E-state index contributed by atoms with van der Waals surface area (Å²) in [7, 11) is 0. The van der Waals surface area contributed by atoms with Crippen LogP contribution in [0.15, 0.2) is 48.5 Å². The molecule has 3 rings (SSSR count). The van der Waals surface area contributed by atoms with Crippen molar-refractivity contribution in [1.82, 2.24) is 10.2 Å². The van der Waals surface area contributed by atoms with Gasteiger partial charge in [-0.25, -0.2) is 0 Å². The van der Waals surface area contributed by atoms with E-state index in [2.05, 4.69) is 5.32 Å². The second-order valence-electron chi connectivity index (χ2n) is 6.18. The lowest BCUT2D eigenvalue weighted by molar-refractivity contribution is -0.137. The van der Waals surface area contributed by atoms with Crippen LogP contribution in [0.4, 0.5) is 13.2 Å². The average Bonchev–Trinajstić information content (AvgIpc) is 2.91. The van der Waals surface area contributed by atoms with Gasteiger partial charge < -0.3 is 10.4 Å². The summed E-state index contributed by atoms with van der Waals surface area (Å²) in [6.45, 7) is -0.806. The van der Waals surface area contributed by atoms with Crippen molar-refractivity contribution >= 4 is 17.7 Å². The molecule has 0 saturated heterocycles. The summed E-state index contributed by atoms with van der Waals surface area (Å²) < 4.78 is 37.7. The smallest absolute Gasteiger partial charge is 0.387 e. The Hall–Kier alpha value is -3.20. The number of aliphatic hydroxyl groups excluding tert-OH is 1. The van der Waals surface area contributed by atoms with Crippen LogP contribution in [0.3, 0.4) is 0 Å². The Labute approximate surface area is 157 Å². The monoisotopic (exact) mass is 392 g/mol. The van der Waals surface area contributed by atoms with Gasteiger partial charge in [-0.15, -0.1) is 0 Å². The molecule has 1 aliphatic rings. The molecule has 1 aliphatic heterocycles. The maximum Gasteiger partial charge on any atom is 0.416 e. The van der Waals surface area contributed by atoms with E-state index in [0.717, 1.165) is 29.2 Å². The van der Waals surface area contributed by atoms with Gasteiger partial charge in [0.1, 0.15) is 6.54 Å². The predicted octanol–water partition coefficient (Wildman–Crippen LogP) is 2.15. The molecule has 0 bridgehead atoms. The molecule has 9 heteroatoms. The summed E-state index contributed by atoms with van der Waals surface area (Å²) in [6.07, 6.45) is -5.72. The van der Waals surface area contributed by atoms with Gasteiger partial charge in [0.25, 0.3) is 11.8 Å². The van der Waals surface area contributed by atoms with Crippen LogP contribution in [0.2, 0.25) is 0 Å². The summed E-state index contributed by atoms with van der Waals surface area (Å²) in [6, 6.07) is 10.1. The fraction of sp³-hybridized carbons (Fsp3) is 0.211. The van der Waals surface area contributed by atoms with E-state index < -0.39 is 42.1 Å². The van der Waals surface area contributed by atoms with Crippen LogP contribution >= 0.6 is 0 Å². The van der Waals surface area contributed by atoms with Gasteiger partial charge in [0.15, 0.2) is 0 Å². The van der Waals surface area contributed by atoms with E-state index in [-0.39, 0.29) is 23.2 Å². The van der Waals surface area contributed by atoms with Crippen LogP contribution in [0.25, 0.3) is 0 Å². The van der Waals surface area contributed by atoms with Gasteiger partial charge in [-0.1, -0.05) is 24.3 Å². The van der Waals surface area contributed by atoms with Crippen molar-refractivity contribution in [3.63, 3.8) is 0 Å². The normalized spacial score (nSPS) is 14.8. The summed E-state index contributed by atoms with van der Waals surface area (Å²) in [4.78, 5) is 37.2. The number of aliphatic hydroxyl groups is 1. The van der Waals surface area contributed by atoms with E-state index >= 15 is 0 Å². The molecule has 1 unspecified atom stereocenters. The third-order valence-corrected chi connectivity index (χ3v) is 4.30. The van der Waals surface area contributed by atoms with Gasteiger partial charge >= 0.3 is 6.18 Å². The SMILES string of the molecule is O=C(CN1C(=O)c2ccccc2C1=O)NCC(O)c1ccc(C(F)(F)F)cc1. The first-order chi connectivity index (χ1) is 13.2. The van der Waals surface area contributed by atoms with Crippen LogP contribution in [-0.2, 0) is 11.0 Å². The zero-order chi connectivity index (χ0) is 20.5. The number of carbonyl (C=O) groups is 3. The highest BCUT2D eigenvalue weighted by atomic mass is 19.4. The molecule has 6 nitrogen and oxygen atoms in total. The number of nitrogens with zero attached hydrogens (tertiary/aromatic N) is 1. The van der Waals surface area contributed by atoms with Gasteiger partial charge in [-0.05, 0) is 29.8 Å². The molecule has 2 N–H and O–H groups in total. The first kappa shape index (κ1) is 19.6. The lowest BCUT2D eigenvalue weighted by atomic mass is 10.1. The number of amides is 3. The van der Waals surface area contributed by atoms with Crippen molar-refractivity contribution in [3.8, 4) is 0 Å². The number of halogens is 3. The standard InChI is InChI=1S/C19H15F3N2O4/c20-19(21,22)12-7-5-11(6-8-12)15(25)9-23-16(26)10-24-17(27)13-3-1-2-4-14(13)18(24)28/h1-8,15,25H,9-10H2,(H,23,26). The van der Waals surface area contributed by atoms with Crippen molar-refractivity contribution in [2.45, 2.75) is 12.3 Å². The fourth-order valence-corrected chi connectivity index (χ4v) is 2.80. The average molecular weight is 392 g/mol. The minimum absolute atomic E-state index is 0.189. The van der Waals surface area contributed by atoms with E-state index in [1.807, 2.05) is 0 Å². The van der Waals surface area contributed by atoms with Crippen molar-refractivity contribution in [2.24, 2.45) is 0 Å².